The van der Waals surface area contributed by atoms with Gasteiger partial charge in [-0.2, -0.15) is 0 Å². The number of aryl methyl sites for hydroxylation is 3. The lowest BCUT2D eigenvalue weighted by Crippen LogP contribution is -2.28. The van der Waals surface area contributed by atoms with E-state index in [1.807, 2.05) is 32.9 Å². The average Bonchev–Trinajstić information content (AvgIpc) is 3.07. The van der Waals surface area contributed by atoms with E-state index in [-0.39, 0.29) is 24.6 Å². The van der Waals surface area contributed by atoms with Gasteiger partial charge in [-0.15, -0.1) is 11.3 Å². The van der Waals surface area contributed by atoms with Gasteiger partial charge in [0.15, 0.2) is 0 Å². The van der Waals surface area contributed by atoms with Crippen LogP contribution in [0.25, 0.3) is 10.9 Å². The molecule has 1 unspecified atom stereocenters. The number of pyridine rings is 1. The zero-order valence-corrected chi connectivity index (χ0v) is 20.6. The Bertz CT molecular complexity index is 1320. The molecule has 2 aromatic heterocycles. The fourth-order valence-corrected chi connectivity index (χ4v) is 6.21. The second-order valence-corrected chi connectivity index (χ2v) is 10.2. The van der Waals surface area contributed by atoms with Gasteiger partial charge in [0.05, 0.1) is 17.7 Å². The molecule has 0 saturated carbocycles. The number of hydrogen-bond donors (Lipinski definition) is 1. The molecule has 0 bridgehead atoms. The fourth-order valence-electron chi connectivity index (χ4n) is 4.79. The van der Waals surface area contributed by atoms with Crippen molar-refractivity contribution in [3.63, 3.8) is 0 Å². The molecule has 0 fully saturated rings. The minimum absolute atomic E-state index is 0.124. The molecule has 1 aromatic carbocycles. The molecule has 6 nitrogen and oxygen atoms in total. The highest BCUT2D eigenvalue weighted by Crippen LogP contribution is 2.40. The van der Waals surface area contributed by atoms with Crippen LogP contribution in [-0.2, 0) is 28.9 Å². The maximum atomic E-state index is 13.1. The van der Waals surface area contributed by atoms with Gasteiger partial charge >= 0.3 is 5.97 Å². The van der Waals surface area contributed by atoms with E-state index in [2.05, 4.69) is 12.2 Å². The van der Waals surface area contributed by atoms with Gasteiger partial charge in [0.1, 0.15) is 11.5 Å². The highest BCUT2D eigenvalue weighted by molar-refractivity contribution is 7.17. The number of aromatic nitrogens is 1. The lowest BCUT2D eigenvalue weighted by molar-refractivity contribution is -0.116. The first-order valence-electron chi connectivity index (χ1n) is 11.4. The third kappa shape index (κ3) is 4.47. The fraction of sp³-hybridized carbons (Fsp3) is 0.423. The highest BCUT2D eigenvalue weighted by atomic mass is 32.1. The van der Waals surface area contributed by atoms with Crippen LogP contribution in [0.4, 0.5) is 5.00 Å². The highest BCUT2D eigenvalue weighted by Gasteiger charge is 2.29. The second-order valence-electron chi connectivity index (χ2n) is 9.05. The van der Waals surface area contributed by atoms with Crippen LogP contribution in [-0.4, -0.2) is 23.1 Å². The number of thiophene rings is 1. The first-order chi connectivity index (χ1) is 15.7. The van der Waals surface area contributed by atoms with Crippen LogP contribution in [0.2, 0.25) is 0 Å². The van der Waals surface area contributed by atoms with Crippen molar-refractivity contribution in [2.45, 2.75) is 60.4 Å². The second kappa shape index (κ2) is 9.14. The first-order valence-corrected chi connectivity index (χ1v) is 12.2. The van der Waals surface area contributed by atoms with Crippen LogP contribution in [0.3, 0.4) is 0 Å². The van der Waals surface area contributed by atoms with Crippen molar-refractivity contribution in [1.29, 1.82) is 0 Å². The summed E-state index contributed by atoms with van der Waals surface area (Å²) in [5.41, 5.74) is 4.98. The van der Waals surface area contributed by atoms with Crippen LogP contribution in [0.15, 0.2) is 23.0 Å². The molecule has 1 N–H and O–H groups in total. The lowest BCUT2D eigenvalue weighted by atomic mass is 9.88. The molecule has 1 amide bonds. The van der Waals surface area contributed by atoms with Gasteiger partial charge in [0, 0.05) is 16.3 Å². The standard InChI is InChI=1S/C26H30N2O4S/c1-6-32-26(31)23-18-8-7-14(2)11-20(18)33-25(23)27-21(29)13-28-22(30)12-16(4)19-10-15(3)9-17(5)24(19)28/h9-10,12,14H,6-8,11,13H2,1-5H3,(H,27,29). The van der Waals surface area contributed by atoms with Crippen LogP contribution < -0.4 is 10.9 Å². The monoisotopic (exact) mass is 466 g/mol. The minimum atomic E-state index is -0.399. The third-order valence-corrected chi connectivity index (χ3v) is 7.46. The molecule has 1 aliphatic carbocycles. The number of esters is 1. The van der Waals surface area contributed by atoms with E-state index in [4.69, 9.17) is 4.74 Å². The number of anilines is 1. The van der Waals surface area contributed by atoms with Gasteiger partial charge in [-0.25, -0.2) is 4.79 Å². The Morgan fingerprint density at radius 3 is 2.67 bits per heavy atom. The van der Waals surface area contributed by atoms with E-state index in [9.17, 15) is 14.4 Å². The van der Waals surface area contributed by atoms with Crippen molar-refractivity contribution in [3.8, 4) is 0 Å². The number of carbonyl (C=O) groups excluding carboxylic acids is 2. The summed E-state index contributed by atoms with van der Waals surface area (Å²) in [6.45, 7) is 10.0. The molecule has 0 saturated heterocycles. The molecule has 0 spiro atoms. The number of nitrogens with one attached hydrogen (secondary N) is 1. The Labute approximate surface area is 197 Å². The Balaban J connectivity index is 1.70. The van der Waals surface area contributed by atoms with Crippen molar-refractivity contribution in [3.05, 3.63) is 61.2 Å². The predicted octanol–water partition coefficient (Wildman–Crippen LogP) is 4.93. The third-order valence-electron chi connectivity index (χ3n) is 6.29. The summed E-state index contributed by atoms with van der Waals surface area (Å²) in [4.78, 5) is 39.9. The van der Waals surface area contributed by atoms with E-state index in [0.717, 1.165) is 57.3 Å². The molecular weight excluding hydrogens is 436 g/mol. The van der Waals surface area contributed by atoms with Crippen molar-refractivity contribution in [2.75, 3.05) is 11.9 Å². The van der Waals surface area contributed by atoms with Crippen LogP contribution in [0.1, 0.15) is 57.8 Å². The number of nitrogens with zero attached hydrogens (tertiary/aromatic N) is 1. The number of carbonyl (C=O) groups is 2. The molecule has 7 heteroatoms. The topological polar surface area (TPSA) is 77.4 Å². The normalized spacial score (nSPS) is 15.4. The molecule has 0 aliphatic heterocycles. The van der Waals surface area contributed by atoms with E-state index in [1.54, 1.807) is 13.0 Å². The first kappa shape index (κ1) is 23.2. The number of amides is 1. The summed E-state index contributed by atoms with van der Waals surface area (Å²) in [5, 5.41) is 4.42. The largest absolute Gasteiger partial charge is 0.462 e. The van der Waals surface area contributed by atoms with Gasteiger partial charge in [-0.05, 0) is 75.6 Å². The number of fused-ring (bicyclic) bond motifs is 2. The zero-order valence-electron chi connectivity index (χ0n) is 19.8. The molecule has 3 aromatic rings. The van der Waals surface area contributed by atoms with Crippen molar-refractivity contribution in [1.82, 2.24) is 4.57 Å². The quantitative estimate of drug-likeness (QED) is 0.541. The summed E-state index contributed by atoms with van der Waals surface area (Å²) in [7, 11) is 0. The van der Waals surface area contributed by atoms with Gasteiger partial charge in [0.2, 0.25) is 5.91 Å². The maximum Gasteiger partial charge on any atom is 0.341 e. The van der Waals surface area contributed by atoms with Crippen molar-refractivity contribution < 1.29 is 14.3 Å². The number of hydrogen-bond acceptors (Lipinski definition) is 5. The van der Waals surface area contributed by atoms with E-state index in [1.165, 1.54) is 15.9 Å². The Kier molecular flexibility index (Phi) is 6.43. The maximum absolute atomic E-state index is 13.1. The molecule has 4 rings (SSSR count). The van der Waals surface area contributed by atoms with Crippen LogP contribution in [0.5, 0.6) is 0 Å². The predicted molar refractivity (Wildman–Crippen MR) is 133 cm³/mol. The van der Waals surface area contributed by atoms with Crippen LogP contribution >= 0.6 is 11.3 Å². The Morgan fingerprint density at radius 2 is 1.94 bits per heavy atom. The van der Waals surface area contributed by atoms with Crippen molar-refractivity contribution in [2.24, 2.45) is 5.92 Å². The average molecular weight is 467 g/mol. The summed E-state index contributed by atoms with van der Waals surface area (Å²) >= 11 is 1.45. The van der Waals surface area contributed by atoms with Gasteiger partial charge in [0.25, 0.3) is 5.56 Å². The van der Waals surface area contributed by atoms with Crippen molar-refractivity contribution >= 4 is 39.1 Å². The number of benzene rings is 1. The lowest BCUT2D eigenvalue weighted by Gasteiger charge is -2.18. The molecule has 1 aliphatic rings. The van der Waals surface area contributed by atoms with Gasteiger partial charge in [-0.1, -0.05) is 18.6 Å². The van der Waals surface area contributed by atoms with E-state index in [0.29, 0.717) is 16.5 Å². The Morgan fingerprint density at radius 1 is 1.18 bits per heavy atom. The summed E-state index contributed by atoms with van der Waals surface area (Å²) in [5.74, 6) is -0.192. The van der Waals surface area contributed by atoms with Gasteiger partial charge < -0.3 is 10.1 Å². The molecular formula is C26H30N2O4S. The minimum Gasteiger partial charge on any atom is -0.462 e. The molecule has 174 valence electrons. The Hall–Kier alpha value is -2.93. The molecule has 2 heterocycles. The number of rotatable bonds is 5. The summed E-state index contributed by atoms with van der Waals surface area (Å²) in [6.07, 6.45) is 2.70. The SMILES string of the molecule is CCOC(=O)c1c(NC(=O)Cn2c(=O)cc(C)c3cc(C)cc(C)c32)sc2c1CCC(C)C2. The van der Waals surface area contributed by atoms with E-state index >= 15 is 0 Å². The zero-order chi connectivity index (χ0) is 23.9. The van der Waals surface area contributed by atoms with E-state index < -0.39 is 5.97 Å². The smallest absolute Gasteiger partial charge is 0.341 e. The number of ether oxygens (including phenoxy) is 1. The van der Waals surface area contributed by atoms with Crippen LogP contribution in [0, 0.1) is 26.7 Å². The summed E-state index contributed by atoms with van der Waals surface area (Å²) in [6, 6.07) is 5.63. The molecule has 33 heavy (non-hydrogen) atoms. The summed E-state index contributed by atoms with van der Waals surface area (Å²) < 4.78 is 6.82. The molecule has 1 atom stereocenters. The van der Waals surface area contributed by atoms with Gasteiger partial charge in [-0.3, -0.25) is 14.2 Å². The molecule has 0 radical (unpaired) electrons.